The molecular weight excluding hydrogens is 436 g/mol. The number of aliphatic carboxylic acids is 1. The maximum absolute atomic E-state index is 12.9. The number of carboxylic acid groups (broad SMARTS) is 1. The van der Waals surface area contributed by atoms with Gasteiger partial charge in [-0.1, -0.05) is 48.5 Å². The van der Waals surface area contributed by atoms with Crippen LogP contribution in [-0.2, 0) is 19.1 Å². The number of benzene rings is 2. The predicted octanol–water partition coefficient (Wildman–Crippen LogP) is 3.05. The van der Waals surface area contributed by atoms with Crippen LogP contribution in [-0.4, -0.2) is 54.5 Å². The van der Waals surface area contributed by atoms with Gasteiger partial charge in [0.05, 0.1) is 37.1 Å². The fourth-order valence-corrected chi connectivity index (χ4v) is 5.34. The Labute approximate surface area is 197 Å². The summed E-state index contributed by atoms with van der Waals surface area (Å²) in [7, 11) is 0. The van der Waals surface area contributed by atoms with Crippen molar-refractivity contribution in [3.05, 3.63) is 59.7 Å². The third-order valence-corrected chi connectivity index (χ3v) is 7.25. The van der Waals surface area contributed by atoms with Crippen molar-refractivity contribution < 1.29 is 29.0 Å². The van der Waals surface area contributed by atoms with Gasteiger partial charge < -0.3 is 25.2 Å². The van der Waals surface area contributed by atoms with Crippen LogP contribution < -0.4 is 10.6 Å². The molecule has 1 heterocycles. The summed E-state index contributed by atoms with van der Waals surface area (Å²) in [5, 5.41) is 14.9. The molecule has 178 valence electrons. The smallest absolute Gasteiger partial charge is 0.407 e. The molecule has 0 bridgehead atoms. The molecule has 2 aromatic carbocycles. The van der Waals surface area contributed by atoms with Gasteiger partial charge in [-0.15, -0.1) is 0 Å². The van der Waals surface area contributed by atoms with Crippen LogP contribution in [0.25, 0.3) is 11.1 Å². The second-order valence-corrected chi connectivity index (χ2v) is 9.41. The zero-order chi connectivity index (χ0) is 23.7. The number of alkyl carbamates (subject to hydrolysis) is 1. The fourth-order valence-electron chi connectivity index (χ4n) is 5.34. The molecule has 2 aliphatic carbocycles. The SMILES string of the molecule is O=C(O)CC1(NC(=O)C2COCC2NC(=O)OCC2c3ccccc3-c3ccccc32)CCC1. The van der Waals surface area contributed by atoms with E-state index < -0.39 is 29.6 Å². The number of carbonyl (C=O) groups is 3. The van der Waals surface area contributed by atoms with E-state index in [4.69, 9.17) is 9.47 Å². The quantitative estimate of drug-likeness (QED) is 0.580. The molecule has 0 spiro atoms. The van der Waals surface area contributed by atoms with Crippen molar-refractivity contribution in [3.8, 4) is 11.1 Å². The Balaban J connectivity index is 1.20. The molecule has 8 heteroatoms. The molecule has 2 fully saturated rings. The average molecular weight is 465 g/mol. The zero-order valence-corrected chi connectivity index (χ0v) is 18.8. The van der Waals surface area contributed by atoms with Crippen molar-refractivity contribution in [2.24, 2.45) is 5.92 Å². The fraction of sp³-hybridized carbons (Fsp3) is 0.423. The van der Waals surface area contributed by atoms with E-state index in [1.807, 2.05) is 24.3 Å². The summed E-state index contributed by atoms with van der Waals surface area (Å²) in [6.07, 6.45) is 1.47. The van der Waals surface area contributed by atoms with E-state index in [1.54, 1.807) is 0 Å². The van der Waals surface area contributed by atoms with Crippen molar-refractivity contribution in [1.82, 2.24) is 10.6 Å². The summed E-state index contributed by atoms with van der Waals surface area (Å²) in [5.41, 5.74) is 3.86. The molecule has 5 rings (SSSR count). The molecule has 1 saturated heterocycles. The maximum Gasteiger partial charge on any atom is 0.407 e. The van der Waals surface area contributed by atoms with Crippen LogP contribution in [0.2, 0.25) is 0 Å². The Morgan fingerprint density at radius 3 is 2.24 bits per heavy atom. The first-order valence-corrected chi connectivity index (χ1v) is 11.7. The van der Waals surface area contributed by atoms with E-state index in [1.165, 1.54) is 0 Å². The van der Waals surface area contributed by atoms with Gasteiger partial charge in [-0.2, -0.15) is 0 Å². The van der Waals surface area contributed by atoms with Crippen molar-refractivity contribution in [2.45, 2.75) is 43.2 Å². The molecule has 0 radical (unpaired) electrons. The summed E-state index contributed by atoms with van der Waals surface area (Å²) in [6.45, 7) is 0.559. The molecule has 2 atom stereocenters. The highest BCUT2D eigenvalue weighted by atomic mass is 16.5. The summed E-state index contributed by atoms with van der Waals surface area (Å²) < 4.78 is 11.1. The van der Waals surface area contributed by atoms with Gasteiger partial charge in [-0.05, 0) is 41.5 Å². The Morgan fingerprint density at radius 1 is 1.00 bits per heavy atom. The highest BCUT2D eigenvalue weighted by Crippen LogP contribution is 2.44. The third-order valence-electron chi connectivity index (χ3n) is 7.25. The highest BCUT2D eigenvalue weighted by molar-refractivity contribution is 5.83. The lowest BCUT2D eigenvalue weighted by molar-refractivity contribution is -0.140. The van der Waals surface area contributed by atoms with Crippen LogP contribution in [0.15, 0.2) is 48.5 Å². The molecule has 3 N–H and O–H groups in total. The number of carbonyl (C=O) groups excluding carboxylic acids is 2. The minimum absolute atomic E-state index is 0.0495. The molecule has 2 unspecified atom stereocenters. The maximum atomic E-state index is 12.9. The zero-order valence-electron chi connectivity index (χ0n) is 18.8. The van der Waals surface area contributed by atoms with Crippen molar-refractivity contribution in [2.75, 3.05) is 19.8 Å². The number of fused-ring (bicyclic) bond motifs is 3. The molecular formula is C26H28N2O6. The van der Waals surface area contributed by atoms with Gasteiger partial charge in [0.1, 0.15) is 6.61 Å². The summed E-state index contributed by atoms with van der Waals surface area (Å²) in [5.74, 6) is -1.86. The van der Waals surface area contributed by atoms with Gasteiger partial charge in [0.25, 0.3) is 0 Å². The van der Waals surface area contributed by atoms with E-state index in [2.05, 4.69) is 34.9 Å². The molecule has 1 aliphatic heterocycles. The number of carboxylic acids is 1. The van der Waals surface area contributed by atoms with E-state index in [9.17, 15) is 19.5 Å². The Hall–Kier alpha value is -3.39. The van der Waals surface area contributed by atoms with Crippen LogP contribution >= 0.6 is 0 Å². The van der Waals surface area contributed by atoms with Gasteiger partial charge in [-0.25, -0.2) is 4.79 Å². The second kappa shape index (κ2) is 9.10. The number of amides is 2. The van der Waals surface area contributed by atoms with Gasteiger partial charge in [-0.3, -0.25) is 9.59 Å². The Morgan fingerprint density at radius 2 is 1.65 bits per heavy atom. The molecule has 2 aromatic rings. The largest absolute Gasteiger partial charge is 0.481 e. The highest BCUT2D eigenvalue weighted by Gasteiger charge is 2.44. The van der Waals surface area contributed by atoms with E-state index in [-0.39, 0.29) is 38.1 Å². The van der Waals surface area contributed by atoms with Crippen molar-refractivity contribution in [1.29, 1.82) is 0 Å². The van der Waals surface area contributed by atoms with E-state index in [0.29, 0.717) is 12.8 Å². The Bertz CT molecular complexity index is 1070. The van der Waals surface area contributed by atoms with Crippen LogP contribution in [0.4, 0.5) is 4.79 Å². The third kappa shape index (κ3) is 4.25. The predicted molar refractivity (Wildman–Crippen MR) is 123 cm³/mol. The minimum atomic E-state index is -0.934. The normalized spacial score (nSPS) is 22.2. The van der Waals surface area contributed by atoms with Crippen LogP contribution in [0.3, 0.4) is 0 Å². The molecule has 2 amide bonds. The van der Waals surface area contributed by atoms with Gasteiger partial charge in [0, 0.05) is 5.92 Å². The van der Waals surface area contributed by atoms with Crippen LogP contribution in [0.5, 0.6) is 0 Å². The van der Waals surface area contributed by atoms with Gasteiger partial charge >= 0.3 is 12.1 Å². The van der Waals surface area contributed by atoms with E-state index in [0.717, 1.165) is 28.7 Å². The standard InChI is InChI=1S/C26H28N2O6/c29-23(30)12-26(10-5-11-26)28-24(31)21-13-33-15-22(21)27-25(32)34-14-20-18-8-3-1-6-16(18)17-7-2-4-9-19(17)20/h1-4,6-9,20-22H,5,10-15H2,(H,27,32)(H,28,31)(H,29,30). The summed E-state index contributed by atoms with van der Waals surface area (Å²) >= 11 is 0. The monoisotopic (exact) mass is 464 g/mol. The average Bonchev–Trinajstić information content (AvgIpc) is 3.38. The molecule has 1 saturated carbocycles. The molecule has 3 aliphatic rings. The lowest BCUT2D eigenvalue weighted by Crippen LogP contribution is -2.58. The first kappa shape index (κ1) is 22.4. The number of ether oxygens (including phenoxy) is 2. The Kier molecular flexibility index (Phi) is 6.00. The molecule has 0 aromatic heterocycles. The molecule has 8 nitrogen and oxygen atoms in total. The van der Waals surface area contributed by atoms with E-state index >= 15 is 0 Å². The van der Waals surface area contributed by atoms with Gasteiger partial charge in [0.2, 0.25) is 5.91 Å². The van der Waals surface area contributed by atoms with Crippen molar-refractivity contribution in [3.63, 3.8) is 0 Å². The lowest BCUT2D eigenvalue weighted by atomic mass is 9.74. The first-order valence-electron chi connectivity index (χ1n) is 11.7. The topological polar surface area (TPSA) is 114 Å². The van der Waals surface area contributed by atoms with Gasteiger partial charge in [0.15, 0.2) is 0 Å². The lowest BCUT2D eigenvalue weighted by Gasteiger charge is -2.42. The summed E-state index contributed by atoms with van der Waals surface area (Å²) in [6, 6.07) is 15.7. The van der Waals surface area contributed by atoms with Crippen LogP contribution in [0.1, 0.15) is 42.7 Å². The minimum Gasteiger partial charge on any atom is -0.481 e. The first-order chi connectivity index (χ1) is 16.5. The van der Waals surface area contributed by atoms with Crippen LogP contribution in [0, 0.1) is 5.92 Å². The molecule has 34 heavy (non-hydrogen) atoms. The number of hydrogen-bond donors (Lipinski definition) is 3. The number of rotatable bonds is 7. The van der Waals surface area contributed by atoms with Crippen molar-refractivity contribution >= 4 is 18.0 Å². The number of nitrogens with one attached hydrogen (secondary N) is 2. The number of hydrogen-bond acceptors (Lipinski definition) is 5. The second-order valence-electron chi connectivity index (χ2n) is 9.41. The summed E-state index contributed by atoms with van der Waals surface area (Å²) in [4.78, 5) is 36.7.